The number of carbonyl (C=O) groups is 2. The number of hydrogen-bond donors (Lipinski definition) is 1. The van der Waals surface area contributed by atoms with E-state index in [-0.39, 0.29) is 18.4 Å². The van der Waals surface area contributed by atoms with Crippen molar-refractivity contribution in [2.24, 2.45) is 0 Å². The van der Waals surface area contributed by atoms with Gasteiger partial charge in [0.25, 0.3) is 5.91 Å². The SMILES string of the molecule is Cc1cccc(NC(=O)CN(C)C(=O)c2ccccc2Cl)c1C. The number of carbonyl (C=O) groups excluding carboxylic acids is 2. The van der Waals surface area contributed by atoms with E-state index >= 15 is 0 Å². The molecule has 0 radical (unpaired) electrons. The van der Waals surface area contributed by atoms with Gasteiger partial charge >= 0.3 is 0 Å². The van der Waals surface area contributed by atoms with E-state index < -0.39 is 0 Å². The maximum Gasteiger partial charge on any atom is 0.255 e. The lowest BCUT2D eigenvalue weighted by Crippen LogP contribution is -2.35. The first-order chi connectivity index (χ1) is 10.9. The van der Waals surface area contributed by atoms with E-state index in [1.165, 1.54) is 4.90 Å². The zero-order chi connectivity index (χ0) is 17.0. The number of anilines is 1. The van der Waals surface area contributed by atoms with Crippen LogP contribution < -0.4 is 5.32 Å². The molecule has 0 fully saturated rings. The van der Waals surface area contributed by atoms with Gasteiger partial charge in [0.1, 0.15) is 0 Å². The van der Waals surface area contributed by atoms with Crippen LogP contribution >= 0.6 is 11.6 Å². The van der Waals surface area contributed by atoms with E-state index in [4.69, 9.17) is 11.6 Å². The minimum atomic E-state index is -0.285. The molecule has 2 amide bonds. The highest BCUT2D eigenvalue weighted by molar-refractivity contribution is 6.33. The van der Waals surface area contributed by atoms with Crippen LogP contribution in [0.25, 0.3) is 0 Å². The Labute approximate surface area is 141 Å². The largest absolute Gasteiger partial charge is 0.332 e. The molecule has 0 aromatic heterocycles. The van der Waals surface area contributed by atoms with Gasteiger partial charge in [0.15, 0.2) is 0 Å². The summed E-state index contributed by atoms with van der Waals surface area (Å²) in [5.74, 6) is -0.534. The Morgan fingerprint density at radius 1 is 1.09 bits per heavy atom. The summed E-state index contributed by atoms with van der Waals surface area (Å²) >= 11 is 6.02. The third-order valence-corrected chi connectivity index (χ3v) is 4.04. The van der Waals surface area contributed by atoms with Gasteiger partial charge in [-0.25, -0.2) is 0 Å². The first kappa shape index (κ1) is 17.0. The molecule has 2 aromatic carbocycles. The quantitative estimate of drug-likeness (QED) is 0.930. The van der Waals surface area contributed by atoms with Crippen molar-refractivity contribution < 1.29 is 9.59 Å². The molecule has 120 valence electrons. The van der Waals surface area contributed by atoms with Gasteiger partial charge in [-0.1, -0.05) is 35.9 Å². The fourth-order valence-electron chi connectivity index (χ4n) is 2.20. The van der Waals surface area contributed by atoms with Crippen molar-refractivity contribution in [2.45, 2.75) is 13.8 Å². The highest BCUT2D eigenvalue weighted by atomic mass is 35.5. The summed E-state index contributed by atoms with van der Waals surface area (Å²) in [7, 11) is 1.58. The molecule has 0 aliphatic carbocycles. The van der Waals surface area contributed by atoms with Gasteiger partial charge in [-0.3, -0.25) is 9.59 Å². The molecule has 1 N–H and O–H groups in total. The maximum absolute atomic E-state index is 12.3. The third-order valence-electron chi connectivity index (χ3n) is 3.71. The normalized spacial score (nSPS) is 10.3. The van der Waals surface area contributed by atoms with Crippen LogP contribution in [0.4, 0.5) is 5.69 Å². The fourth-order valence-corrected chi connectivity index (χ4v) is 2.42. The number of amides is 2. The number of nitrogens with one attached hydrogen (secondary N) is 1. The standard InChI is InChI=1S/C18H19ClN2O2/c1-12-7-6-10-16(13(12)2)20-17(22)11-21(3)18(23)14-8-4-5-9-15(14)19/h4-10H,11H2,1-3H3,(H,20,22). The molecular weight excluding hydrogens is 312 g/mol. The molecule has 0 spiro atoms. The number of halogens is 1. The molecule has 0 unspecified atom stereocenters. The predicted molar refractivity (Wildman–Crippen MR) is 93.0 cm³/mol. The Balaban J connectivity index is 2.04. The molecule has 0 atom stereocenters. The Morgan fingerprint density at radius 3 is 2.48 bits per heavy atom. The molecular formula is C18H19ClN2O2. The van der Waals surface area contributed by atoms with Crippen molar-refractivity contribution in [2.75, 3.05) is 18.9 Å². The van der Waals surface area contributed by atoms with Crippen LogP contribution in [-0.2, 0) is 4.79 Å². The van der Waals surface area contributed by atoms with E-state index in [0.717, 1.165) is 16.8 Å². The van der Waals surface area contributed by atoms with E-state index in [1.54, 1.807) is 31.3 Å². The van der Waals surface area contributed by atoms with Crippen molar-refractivity contribution in [3.63, 3.8) is 0 Å². The van der Waals surface area contributed by atoms with Crippen molar-refractivity contribution in [3.8, 4) is 0 Å². The zero-order valence-electron chi connectivity index (χ0n) is 13.4. The fraction of sp³-hybridized carbons (Fsp3) is 0.222. The summed E-state index contributed by atoms with van der Waals surface area (Å²) in [6.07, 6.45) is 0. The van der Waals surface area contributed by atoms with Crippen molar-refractivity contribution >= 4 is 29.1 Å². The van der Waals surface area contributed by atoms with E-state index in [2.05, 4.69) is 5.32 Å². The Bertz CT molecular complexity index is 744. The van der Waals surface area contributed by atoms with Gasteiger partial charge in [-0.15, -0.1) is 0 Å². The maximum atomic E-state index is 12.3. The van der Waals surface area contributed by atoms with Crippen LogP contribution in [-0.4, -0.2) is 30.3 Å². The molecule has 0 aliphatic heterocycles. The van der Waals surface area contributed by atoms with Crippen LogP contribution in [0, 0.1) is 13.8 Å². The van der Waals surface area contributed by atoms with Crippen molar-refractivity contribution in [3.05, 3.63) is 64.2 Å². The summed E-state index contributed by atoms with van der Waals surface area (Å²) in [6, 6.07) is 12.5. The van der Waals surface area contributed by atoms with Crippen LogP contribution in [0.5, 0.6) is 0 Å². The lowest BCUT2D eigenvalue weighted by atomic mass is 10.1. The van der Waals surface area contributed by atoms with Gasteiger partial charge in [-0.2, -0.15) is 0 Å². The second kappa shape index (κ2) is 7.29. The molecule has 0 heterocycles. The first-order valence-electron chi connectivity index (χ1n) is 7.26. The van der Waals surface area contributed by atoms with Crippen molar-refractivity contribution in [1.82, 2.24) is 4.90 Å². The molecule has 0 bridgehead atoms. The Morgan fingerprint density at radius 2 is 1.78 bits per heavy atom. The summed E-state index contributed by atoms with van der Waals surface area (Å²) in [5, 5.41) is 3.21. The smallest absolute Gasteiger partial charge is 0.255 e. The van der Waals surface area contributed by atoms with Gasteiger partial charge in [0, 0.05) is 12.7 Å². The molecule has 4 nitrogen and oxygen atoms in total. The Hall–Kier alpha value is -2.33. The highest BCUT2D eigenvalue weighted by Crippen LogP contribution is 2.19. The topological polar surface area (TPSA) is 49.4 Å². The number of benzene rings is 2. The van der Waals surface area contributed by atoms with E-state index in [9.17, 15) is 9.59 Å². The molecule has 0 saturated heterocycles. The van der Waals surface area contributed by atoms with Crippen LogP contribution in [0.1, 0.15) is 21.5 Å². The zero-order valence-corrected chi connectivity index (χ0v) is 14.1. The first-order valence-corrected chi connectivity index (χ1v) is 7.64. The second-order valence-electron chi connectivity index (χ2n) is 5.44. The minimum Gasteiger partial charge on any atom is -0.332 e. The average Bonchev–Trinajstić information content (AvgIpc) is 2.51. The van der Waals surface area contributed by atoms with Crippen LogP contribution in [0.3, 0.4) is 0 Å². The minimum absolute atomic E-state index is 0.0442. The third kappa shape index (κ3) is 4.11. The van der Waals surface area contributed by atoms with Gasteiger partial charge < -0.3 is 10.2 Å². The number of aryl methyl sites for hydroxylation is 1. The lowest BCUT2D eigenvalue weighted by molar-refractivity contribution is -0.116. The summed E-state index contributed by atoms with van der Waals surface area (Å²) in [5.41, 5.74) is 3.26. The number of likely N-dealkylation sites (N-methyl/N-ethyl adjacent to an activating group) is 1. The molecule has 0 aliphatic rings. The number of nitrogens with zero attached hydrogens (tertiary/aromatic N) is 1. The summed E-state index contributed by atoms with van der Waals surface area (Å²) in [6.45, 7) is 3.89. The lowest BCUT2D eigenvalue weighted by Gasteiger charge is -2.18. The molecule has 2 aromatic rings. The number of rotatable bonds is 4. The molecule has 0 saturated carbocycles. The van der Waals surface area contributed by atoms with Gasteiger partial charge in [0.05, 0.1) is 17.1 Å². The average molecular weight is 331 g/mol. The Kier molecular flexibility index (Phi) is 5.40. The predicted octanol–water partition coefficient (Wildman–Crippen LogP) is 3.67. The van der Waals surface area contributed by atoms with Gasteiger partial charge in [-0.05, 0) is 43.2 Å². The second-order valence-corrected chi connectivity index (χ2v) is 5.84. The highest BCUT2D eigenvalue weighted by Gasteiger charge is 2.17. The van der Waals surface area contributed by atoms with Gasteiger partial charge in [0.2, 0.25) is 5.91 Å². The van der Waals surface area contributed by atoms with Crippen LogP contribution in [0.15, 0.2) is 42.5 Å². The van der Waals surface area contributed by atoms with Crippen molar-refractivity contribution in [1.29, 1.82) is 0 Å². The monoisotopic (exact) mass is 330 g/mol. The van der Waals surface area contributed by atoms with E-state index in [0.29, 0.717) is 10.6 Å². The summed E-state index contributed by atoms with van der Waals surface area (Å²) < 4.78 is 0. The number of hydrogen-bond acceptors (Lipinski definition) is 2. The van der Waals surface area contributed by atoms with E-state index in [1.807, 2.05) is 32.0 Å². The summed E-state index contributed by atoms with van der Waals surface area (Å²) in [4.78, 5) is 25.9. The molecule has 5 heteroatoms. The molecule has 23 heavy (non-hydrogen) atoms. The van der Waals surface area contributed by atoms with Crippen LogP contribution in [0.2, 0.25) is 5.02 Å². The molecule has 2 rings (SSSR count).